The van der Waals surface area contributed by atoms with Gasteiger partial charge in [0.25, 0.3) is 5.91 Å². The number of amides is 1. The molecule has 1 saturated heterocycles. The Morgan fingerprint density at radius 2 is 1.89 bits per heavy atom. The molecule has 1 aromatic carbocycles. The third kappa shape index (κ3) is 5.67. The molecule has 2 aromatic rings. The zero-order chi connectivity index (χ0) is 19.8. The predicted molar refractivity (Wildman–Crippen MR) is 116 cm³/mol. The molecule has 1 aromatic heterocycles. The van der Waals surface area contributed by atoms with Crippen LogP contribution >= 0.6 is 0 Å². The molecule has 0 aliphatic carbocycles. The van der Waals surface area contributed by atoms with Crippen molar-refractivity contribution in [1.82, 2.24) is 15.2 Å². The van der Waals surface area contributed by atoms with E-state index in [1.165, 1.54) is 5.56 Å². The quantitative estimate of drug-likeness (QED) is 0.802. The van der Waals surface area contributed by atoms with Gasteiger partial charge in [0.1, 0.15) is 5.82 Å². The lowest BCUT2D eigenvalue weighted by atomic mass is 10.2. The molecule has 0 saturated carbocycles. The summed E-state index contributed by atoms with van der Waals surface area (Å²) in [4.78, 5) is 21.4. The molecule has 1 N–H and O–H groups in total. The standard InChI is InChI=1S/C23H30N4O/c1-3-19(2)25-23(28)21-11-12-22(24-18-21)27-16-14-26(15-17-27)13-7-10-20-8-5-4-6-9-20/h4-12,18-19H,3,13-17H2,1-2H3,(H,25,28)/b10-7+. The van der Waals surface area contributed by atoms with Crippen LogP contribution in [0, 0.1) is 0 Å². The molecule has 1 atom stereocenters. The second-order valence-corrected chi connectivity index (χ2v) is 7.29. The normalized spacial score (nSPS) is 16.3. The van der Waals surface area contributed by atoms with Gasteiger partial charge in [-0.25, -0.2) is 4.98 Å². The molecule has 0 bridgehead atoms. The van der Waals surface area contributed by atoms with Gasteiger partial charge < -0.3 is 10.2 Å². The van der Waals surface area contributed by atoms with Gasteiger partial charge in [-0.1, -0.05) is 49.4 Å². The Labute approximate surface area is 168 Å². The van der Waals surface area contributed by atoms with Crippen LogP contribution in [0.1, 0.15) is 36.2 Å². The minimum Gasteiger partial charge on any atom is -0.354 e. The van der Waals surface area contributed by atoms with Crippen molar-refractivity contribution in [2.45, 2.75) is 26.3 Å². The van der Waals surface area contributed by atoms with Gasteiger partial charge in [-0.2, -0.15) is 0 Å². The average Bonchev–Trinajstić information content (AvgIpc) is 2.75. The Morgan fingerprint density at radius 1 is 1.14 bits per heavy atom. The first-order chi connectivity index (χ1) is 13.7. The fourth-order valence-electron chi connectivity index (χ4n) is 3.18. The number of carbonyl (C=O) groups is 1. The highest BCUT2D eigenvalue weighted by molar-refractivity contribution is 5.94. The van der Waals surface area contributed by atoms with Gasteiger partial charge in [0.2, 0.25) is 0 Å². The van der Waals surface area contributed by atoms with Gasteiger partial charge in [0, 0.05) is 45.0 Å². The topological polar surface area (TPSA) is 48.5 Å². The van der Waals surface area contributed by atoms with E-state index < -0.39 is 0 Å². The van der Waals surface area contributed by atoms with Crippen molar-refractivity contribution in [3.63, 3.8) is 0 Å². The number of piperazine rings is 1. The molecule has 28 heavy (non-hydrogen) atoms. The van der Waals surface area contributed by atoms with Crippen molar-refractivity contribution in [3.05, 3.63) is 65.9 Å². The van der Waals surface area contributed by atoms with E-state index in [-0.39, 0.29) is 11.9 Å². The summed E-state index contributed by atoms with van der Waals surface area (Å²) in [5, 5.41) is 2.98. The molecule has 1 amide bonds. The van der Waals surface area contributed by atoms with Crippen molar-refractivity contribution in [2.75, 3.05) is 37.6 Å². The zero-order valence-electron chi connectivity index (χ0n) is 16.8. The van der Waals surface area contributed by atoms with Crippen molar-refractivity contribution in [2.24, 2.45) is 0 Å². The Morgan fingerprint density at radius 3 is 2.54 bits per heavy atom. The lowest BCUT2D eigenvalue weighted by molar-refractivity contribution is 0.0939. The van der Waals surface area contributed by atoms with E-state index in [2.05, 4.69) is 63.4 Å². The van der Waals surface area contributed by atoms with Gasteiger partial charge in [-0.3, -0.25) is 9.69 Å². The Hall–Kier alpha value is -2.66. The summed E-state index contributed by atoms with van der Waals surface area (Å²) in [6.45, 7) is 8.95. The lowest BCUT2D eigenvalue weighted by Crippen LogP contribution is -2.46. The molecule has 3 rings (SSSR count). The number of anilines is 1. The molecule has 5 nitrogen and oxygen atoms in total. The second kappa shape index (κ2) is 10.0. The SMILES string of the molecule is CCC(C)NC(=O)c1ccc(N2CCN(C/C=C/c3ccccc3)CC2)nc1. The van der Waals surface area contributed by atoms with Crippen LogP contribution in [0.3, 0.4) is 0 Å². The number of rotatable bonds is 7. The average molecular weight is 379 g/mol. The number of aromatic nitrogens is 1. The molecular formula is C23H30N4O. The van der Waals surface area contributed by atoms with Crippen LogP contribution in [0.2, 0.25) is 0 Å². The largest absolute Gasteiger partial charge is 0.354 e. The molecular weight excluding hydrogens is 348 g/mol. The van der Waals surface area contributed by atoms with E-state index in [4.69, 9.17) is 0 Å². The van der Waals surface area contributed by atoms with Crippen LogP contribution < -0.4 is 10.2 Å². The third-order valence-corrected chi connectivity index (χ3v) is 5.17. The Bertz CT molecular complexity index is 765. The molecule has 148 valence electrons. The summed E-state index contributed by atoms with van der Waals surface area (Å²) < 4.78 is 0. The van der Waals surface area contributed by atoms with E-state index in [9.17, 15) is 4.79 Å². The number of nitrogens with one attached hydrogen (secondary N) is 1. The molecule has 0 spiro atoms. The van der Waals surface area contributed by atoms with Crippen LogP contribution in [-0.4, -0.2) is 54.6 Å². The van der Waals surface area contributed by atoms with Gasteiger partial charge in [0.05, 0.1) is 5.56 Å². The number of benzene rings is 1. The monoisotopic (exact) mass is 378 g/mol. The first-order valence-electron chi connectivity index (χ1n) is 10.1. The maximum absolute atomic E-state index is 12.2. The summed E-state index contributed by atoms with van der Waals surface area (Å²) in [6, 6.07) is 14.4. The van der Waals surface area contributed by atoms with Gasteiger partial charge >= 0.3 is 0 Å². The van der Waals surface area contributed by atoms with E-state index in [1.807, 2.05) is 25.1 Å². The summed E-state index contributed by atoms with van der Waals surface area (Å²) >= 11 is 0. The smallest absolute Gasteiger partial charge is 0.253 e. The van der Waals surface area contributed by atoms with E-state index in [0.29, 0.717) is 5.56 Å². The summed E-state index contributed by atoms with van der Waals surface area (Å²) in [5.41, 5.74) is 1.86. The molecule has 1 aliphatic heterocycles. The first kappa shape index (κ1) is 20.1. The van der Waals surface area contributed by atoms with Crippen LogP contribution in [0.5, 0.6) is 0 Å². The highest BCUT2D eigenvalue weighted by Gasteiger charge is 2.17. The molecule has 5 heteroatoms. The molecule has 1 fully saturated rings. The van der Waals surface area contributed by atoms with Crippen LogP contribution in [0.4, 0.5) is 5.82 Å². The van der Waals surface area contributed by atoms with Crippen molar-refractivity contribution in [1.29, 1.82) is 0 Å². The highest BCUT2D eigenvalue weighted by atomic mass is 16.1. The Balaban J connectivity index is 1.47. The summed E-state index contributed by atoms with van der Waals surface area (Å²) in [6.07, 6.45) is 7.01. The van der Waals surface area contributed by atoms with E-state index in [0.717, 1.165) is 45.0 Å². The predicted octanol–water partition coefficient (Wildman–Crippen LogP) is 3.45. The van der Waals surface area contributed by atoms with Crippen molar-refractivity contribution in [3.8, 4) is 0 Å². The van der Waals surface area contributed by atoms with Crippen molar-refractivity contribution < 1.29 is 4.79 Å². The lowest BCUT2D eigenvalue weighted by Gasteiger charge is -2.34. The molecule has 1 aliphatic rings. The summed E-state index contributed by atoms with van der Waals surface area (Å²) in [5.74, 6) is 0.892. The third-order valence-electron chi connectivity index (χ3n) is 5.17. The zero-order valence-corrected chi connectivity index (χ0v) is 16.8. The van der Waals surface area contributed by atoms with Crippen molar-refractivity contribution >= 4 is 17.8 Å². The minimum absolute atomic E-state index is 0.0524. The van der Waals surface area contributed by atoms with Gasteiger partial charge in [-0.15, -0.1) is 0 Å². The molecule has 1 unspecified atom stereocenters. The maximum atomic E-state index is 12.2. The minimum atomic E-state index is -0.0524. The van der Waals surface area contributed by atoms with Crippen LogP contribution in [-0.2, 0) is 0 Å². The summed E-state index contributed by atoms with van der Waals surface area (Å²) in [7, 11) is 0. The van der Waals surface area contributed by atoms with Crippen LogP contribution in [0.15, 0.2) is 54.7 Å². The van der Waals surface area contributed by atoms with Gasteiger partial charge in [0.15, 0.2) is 0 Å². The first-order valence-corrected chi connectivity index (χ1v) is 10.1. The second-order valence-electron chi connectivity index (χ2n) is 7.29. The molecule has 0 radical (unpaired) electrons. The number of pyridine rings is 1. The van der Waals surface area contributed by atoms with Gasteiger partial charge in [-0.05, 0) is 31.0 Å². The fourth-order valence-corrected chi connectivity index (χ4v) is 3.18. The molecule has 2 heterocycles. The van der Waals surface area contributed by atoms with E-state index in [1.54, 1.807) is 6.20 Å². The number of hydrogen-bond acceptors (Lipinski definition) is 4. The number of hydrogen-bond donors (Lipinski definition) is 1. The maximum Gasteiger partial charge on any atom is 0.253 e. The highest BCUT2D eigenvalue weighted by Crippen LogP contribution is 2.14. The van der Waals surface area contributed by atoms with E-state index >= 15 is 0 Å². The fraction of sp³-hybridized carbons (Fsp3) is 0.391. The Kier molecular flexibility index (Phi) is 7.20. The number of carbonyl (C=O) groups excluding carboxylic acids is 1. The number of nitrogens with zero attached hydrogens (tertiary/aromatic N) is 3. The van der Waals surface area contributed by atoms with Crippen LogP contribution in [0.25, 0.3) is 6.08 Å².